The summed E-state index contributed by atoms with van der Waals surface area (Å²) < 4.78 is 46.5. The number of aryl methyl sites for hydroxylation is 1. The molecule has 7 heteroatoms. The fraction of sp³-hybridized carbons (Fsp3) is 0.120. The Morgan fingerprint density at radius 1 is 0.906 bits per heavy atom. The molecule has 3 aromatic heterocycles. The Balaban J connectivity index is 1.66. The molecule has 160 valence electrons. The lowest BCUT2D eigenvalue weighted by Gasteiger charge is -2.04. The van der Waals surface area contributed by atoms with Crippen LogP contribution in [-0.2, 0) is 6.54 Å². The molecule has 0 radical (unpaired) electrons. The summed E-state index contributed by atoms with van der Waals surface area (Å²) in [6.45, 7) is 0.0702. The Kier molecular flexibility index (Phi) is 5.23. The number of hydrogen-bond donors (Lipinski definition) is 0. The smallest absolute Gasteiger partial charge is 0.240 e. The number of nitrogens with zero attached hydrogens (tertiary/aromatic N) is 3. The van der Waals surface area contributed by atoms with Gasteiger partial charge in [-0.1, -0.05) is 30.3 Å². The minimum Gasteiger partial charge on any atom is -0.438 e. The standard InChI is InChI=1S/C25H18F3N3O/c26-18-8-6-17(7-9-18)24-21(15-31(30-24)13-11-23(27)28)19-10-12-29-25-20(19)14-22(32-25)16-4-2-1-3-5-16/h1-10,12,14-15,23H,11,13H2. The van der Waals surface area contributed by atoms with Gasteiger partial charge in [0.25, 0.3) is 0 Å². The Bertz CT molecular complexity index is 1360. The van der Waals surface area contributed by atoms with E-state index in [2.05, 4.69) is 10.1 Å². The van der Waals surface area contributed by atoms with Crippen LogP contribution in [0.3, 0.4) is 0 Å². The van der Waals surface area contributed by atoms with Crippen molar-refractivity contribution in [2.75, 3.05) is 0 Å². The van der Waals surface area contributed by atoms with Crippen LogP contribution in [0.4, 0.5) is 13.2 Å². The van der Waals surface area contributed by atoms with E-state index in [9.17, 15) is 13.2 Å². The van der Waals surface area contributed by atoms with Crippen LogP contribution in [-0.4, -0.2) is 21.2 Å². The molecule has 0 N–H and O–H groups in total. The van der Waals surface area contributed by atoms with Gasteiger partial charge in [0, 0.05) is 47.4 Å². The number of benzene rings is 2. The molecule has 0 saturated heterocycles. The van der Waals surface area contributed by atoms with Crippen LogP contribution >= 0.6 is 0 Å². The molecule has 5 aromatic rings. The number of furan rings is 1. The number of hydrogen-bond acceptors (Lipinski definition) is 3. The van der Waals surface area contributed by atoms with E-state index in [1.807, 2.05) is 42.5 Å². The van der Waals surface area contributed by atoms with Gasteiger partial charge in [0.05, 0.1) is 0 Å². The van der Waals surface area contributed by atoms with E-state index in [1.165, 1.54) is 16.8 Å². The number of alkyl halides is 2. The highest BCUT2D eigenvalue weighted by Gasteiger charge is 2.19. The molecular weight excluding hydrogens is 415 g/mol. The number of halogens is 3. The average Bonchev–Trinajstić information content (AvgIpc) is 3.43. The summed E-state index contributed by atoms with van der Waals surface area (Å²) in [7, 11) is 0. The molecule has 0 aliphatic rings. The first-order valence-corrected chi connectivity index (χ1v) is 10.1. The van der Waals surface area contributed by atoms with Crippen LogP contribution in [0.2, 0.25) is 0 Å². The Hall–Kier alpha value is -3.87. The second-order valence-electron chi connectivity index (χ2n) is 7.40. The fourth-order valence-electron chi connectivity index (χ4n) is 3.70. The van der Waals surface area contributed by atoms with Gasteiger partial charge in [-0.25, -0.2) is 18.2 Å². The average molecular weight is 433 g/mol. The van der Waals surface area contributed by atoms with Gasteiger partial charge in [-0.2, -0.15) is 5.10 Å². The summed E-state index contributed by atoms with van der Waals surface area (Å²) >= 11 is 0. The first-order chi connectivity index (χ1) is 15.6. The van der Waals surface area contributed by atoms with Crippen LogP contribution in [0, 0.1) is 5.82 Å². The van der Waals surface area contributed by atoms with E-state index in [0.29, 0.717) is 22.7 Å². The van der Waals surface area contributed by atoms with Gasteiger partial charge in [0.15, 0.2) is 0 Å². The monoisotopic (exact) mass is 433 g/mol. The van der Waals surface area contributed by atoms with Crippen molar-refractivity contribution in [2.24, 2.45) is 0 Å². The van der Waals surface area contributed by atoms with Crippen molar-refractivity contribution in [1.29, 1.82) is 0 Å². The van der Waals surface area contributed by atoms with Gasteiger partial charge in [0.2, 0.25) is 12.1 Å². The maximum absolute atomic E-state index is 13.5. The van der Waals surface area contributed by atoms with Crippen molar-refractivity contribution < 1.29 is 17.6 Å². The lowest BCUT2D eigenvalue weighted by Crippen LogP contribution is -2.03. The molecule has 0 saturated carbocycles. The number of rotatable bonds is 6. The van der Waals surface area contributed by atoms with Crippen molar-refractivity contribution in [1.82, 2.24) is 14.8 Å². The van der Waals surface area contributed by atoms with Gasteiger partial charge in [0.1, 0.15) is 17.3 Å². The summed E-state index contributed by atoms with van der Waals surface area (Å²) in [4.78, 5) is 4.35. The molecule has 0 unspecified atom stereocenters. The fourth-order valence-corrected chi connectivity index (χ4v) is 3.70. The normalized spacial score (nSPS) is 11.5. The number of aromatic nitrogens is 3. The molecule has 2 aromatic carbocycles. The van der Waals surface area contributed by atoms with E-state index in [4.69, 9.17) is 4.42 Å². The third kappa shape index (κ3) is 3.89. The molecule has 0 aliphatic carbocycles. The molecule has 0 bridgehead atoms. The van der Waals surface area contributed by atoms with E-state index < -0.39 is 6.43 Å². The zero-order valence-electron chi connectivity index (χ0n) is 16.9. The van der Waals surface area contributed by atoms with Crippen LogP contribution in [0.15, 0.2) is 83.5 Å². The van der Waals surface area contributed by atoms with Crippen LogP contribution < -0.4 is 0 Å². The van der Waals surface area contributed by atoms with E-state index in [1.54, 1.807) is 24.5 Å². The molecule has 0 aliphatic heterocycles. The molecular formula is C25H18F3N3O. The summed E-state index contributed by atoms with van der Waals surface area (Å²) in [6.07, 6.45) is 0.651. The third-order valence-electron chi connectivity index (χ3n) is 5.24. The zero-order valence-corrected chi connectivity index (χ0v) is 16.9. The SMILES string of the molecule is Fc1ccc(-c2nn(CCC(F)F)cc2-c2ccnc3oc(-c4ccccc4)cc23)cc1. The quantitative estimate of drug-likeness (QED) is 0.295. The van der Waals surface area contributed by atoms with Crippen molar-refractivity contribution in [3.63, 3.8) is 0 Å². The third-order valence-corrected chi connectivity index (χ3v) is 5.24. The largest absolute Gasteiger partial charge is 0.438 e. The van der Waals surface area contributed by atoms with Crippen LogP contribution in [0.1, 0.15) is 6.42 Å². The highest BCUT2D eigenvalue weighted by molar-refractivity contribution is 5.97. The van der Waals surface area contributed by atoms with Crippen molar-refractivity contribution >= 4 is 11.1 Å². The van der Waals surface area contributed by atoms with Gasteiger partial charge in [-0.15, -0.1) is 0 Å². The highest BCUT2D eigenvalue weighted by Crippen LogP contribution is 2.38. The second kappa shape index (κ2) is 8.34. The molecule has 0 amide bonds. The van der Waals surface area contributed by atoms with E-state index in [-0.39, 0.29) is 18.8 Å². The molecule has 0 fully saturated rings. The predicted molar refractivity (Wildman–Crippen MR) is 117 cm³/mol. The zero-order chi connectivity index (χ0) is 22.1. The van der Waals surface area contributed by atoms with Gasteiger partial charge in [-0.05, 0) is 42.0 Å². The lowest BCUT2D eigenvalue weighted by atomic mass is 10.00. The topological polar surface area (TPSA) is 43.9 Å². The van der Waals surface area contributed by atoms with Crippen LogP contribution in [0.5, 0.6) is 0 Å². The first kappa shape index (κ1) is 20.1. The highest BCUT2D eigenvalue weighted by atomic mass is 19.3. The van der Waals surface area contributed by atoms with Gasteiger partial charge < -0.3 is 4.42 Å². The minimum atomic E-state index is -2.42. The lowest BCUT2D eigenvalue weighted by molar-refractivity contribution is 0.130. The Morgan fingerprint density at radius 2 is 1.69 bits per heavy atom. The molecule has 3 heterocycles. The van der Waals surface area contributed by atoms with Gasteiger partial charge in [-0.3, -0.25) is 4.68 Å². The molecule has 32 heavy (non-hydrogen) atoms. The number of pyridine rings is 1. The Morgan fingerprint density at radius 3 is 2.44 bits per heavy atom. The van der Waals surface area contributed by atoms with Crippen molar-refractivity contribution in [3.05, 3.63) is 84.9 Å². The summed E-state index contributed by atoms with van der Waals surface area (Å²) in [5.74, 6) is 0.315. The minimum absolute atomic E-state index is 0.0702. The molecule has 0 atom stereocenters. The summed E-state index contributed by atoms with van der Waals surface area (Å²) in [6, 6.07) is 19.4. The molecule has 0 spiro atoms. The van der Waals surface area contributed by atoms with Crippen molar-refractivity contribution in [3.8, 4) is 33.7 Å². The summed E-state index contributed by atoms with van der Waals surface area (Å²) in [5.41, 5.74) is 4.19. The maximum atomic E-state index is 13.5. The molecule has 4 nitrogen and oxygen atoms in total. The van der Waals surface area contributed by atoms with Crippen molar-refractivity contribution in [2.45, 2.75) is 19.4 Å². The second-order valence-corrected chi connectivity index (χ2v) is 7.40. The van der Waals surface area contributed by atoms with Crippen LogP contribution in [0.25, 0.3) is 44.8 Å². The first-order valence-electron chi connectivity index (χ1n) is 10.1. The number of fused-ring (bicyclic) bond motifs is 1. The molecule has 5 rings (SSSR count). The summed E-state index contributed by atoms with van der Waals surface area (Å²) in [5, 5.41) is 5.32. The Labute approximate surface area is 181 Å². The maximum Gasteiger partial charge on any atom is 0.240 e. The predicted octanol–water partition coefficient (Wildman–Crippen LogP) is 6.82. The van der Waals surface area contributed by atoms with E-state index in [0.717, 1.165) is 22.1 Å². The van der Waals surface area contributed by atoms with Gasteiger partial charge >= 0.3 is 0 Å². The van der Waals surface area contributed by atoms with E-state index >= 15 is 0 Å².